The second-order valence-electron chi connectivity index (χ2n) is 7.58. The Balaban J connectivity index is 1.37. The van der Waals surface area contributed by atoms with Crippen LogP contribution in [-0.2, 0) is 4.79 Å². The highest BCUT2D eigenvalue weighted by Crippen LogP contribution is 2.34. The van der Waals surface area contributed by atoms with Crippen molar-refractivity contribution in [3.05, 3.63) is 63.6 Å². The zero-order chi connectivity index (χ0) is 21.3. The average molecular weight is 471 g/mol. The number of carbonyl (C=O) groups is 3. The molecule has 3 amide bonds. The molecule has 6 nitrogen and oxygen atoms in total. The predicted octanol–water partition coefficient (Wildman–Crippen LogP) is 4.20. The van der Waals surface area contributed by atoms with E-state index < -0.39 is 0 Å². The van der Waals surface area contributed by atoms with Gasteiger partial charge in [0.2, 0.25) is 5.91 Å². The number of likely N-dealkylation sites (tertiary alicyclic amines) is 1. The number of ether oxygens (including phenoxy) is 1. The molecule has 2 aliphatic heterocycles. The number of hydrogen-bond acceptors (Lipinski definition) is 4. The first kappa shape index (κ1) is 20.6. The summed E-state index contributed by atoms with van der Waals surface area (Å²) in [4.78, 5) is 41.1. The number of fused-ring (bicyclic) bond motifs is 1. The first-order chi connectivity index (χ1) is 14.5. The third-order valence-electron chi connectivity index (χ3n) is 5.76. The Morgan fingerprint density at radius 3 is 2.73 bits per heavy atom. The van der Waals surface area contributed by atoms with E-state index in [2.05, 4.69) is 15.9 Å². The van der Waals surface area contributed by atoms with E-state index in [9.17, 15) is 14.4 Å². The molecule has 4 rings (SSSR count). The second kappa shape index (κ2) is 8.60. The number of amides is 3. The Kier molecular flexibility index (Phi) is 5.90. The van der Waals surface area contributed by atoms with Gasteiger partial charge in [0.05, 0.1) is 24.3 Å². The molecule has 2 heterocycles. The average Bonchev–Trinajstić information content (AvgIpc) is 3.33. The fourth-order valence-corrected chi connectivity index (χ4v) is 4.62. The number of rotatable bonds is 6. The van der Waals surface area contributed by atoms with Gasteiger partial charge in [0.15, 0.2) is 0 Å². The van der Waals surface area contributed by atoms with Crippen LogP contribution in [0.5, 0.6) is 5.75 Å². The van der Waals surface area contributed by atoms with Crippen LogP contribution in [0, 0.1) is 0 Å². The van der Waals surface area contributed by atoms with E-state index >= 15 is 0 Å². The summed E-state index contributed by atoms with van der Waals surface area (Å²) < 4.78 is 6.07. The normalized spacial score (nSPS) is 18.1. The molecule has 2 aromatic carbocycles. The van der Waals surface area contributed by atoms with Gasteiger partial charge in [0, 0.05) is 24.0 Å². The van der Waals surface area contributed by atoms with Crippen LogP contribution >= 0.6 is 15.9 Å². The molecule has 0 aliphatic carbocycles. The number of carbonyl (C=O) groups excluding carboxylic acids is 3. The summed E-state index contributed by atoms with van der Waals surface area (Å²) in [5.41, 5.74) is 1.91. The quantitative estimate of drug-likeness (QED) is 0.593. The van der Waals surface area contributed by atoms with Crippen molar-refractivity contribution in [1.29, 1.82) is 0 Å². The van der Waals surface area contributed by atoms with Gasteiger partial charge in [-0.15, -0.1) is 0 Å². The van der Waals surface area contributed by atoms with Gasteiger partial charge in [-0.2, -0.15) is 0 Å². The number of nitrogens with zero attached hydrogens (tertiary/aromatic N) is 2. The molecule has 0 radical (unpaired) electrons. The number of benzene rings is 2. The van der Waals surface area contributed by atoms with Crippen molar-refractivity contribution in [2.75, 3.05) is 20.2 Å². The third-order valence-corrected chi connectivity index (χ3v) is 6.25. The van der Waals surface area contributed by atoms with Crippen molar-refractivity contribution < 1.29 is 19.1 Å². The highest BCUT2D eigenvalue weighted by atomic mass is 79.9. The number of methoxy groups -OCH3 is 1. The van der Waals surface area contributed by atoms with Gasteiger partial charge in [0.25, 0.3) is 11.8 Å². The van der Waals surface area contributed by atoms with Gasteiger partial charge < -0.3 is 9.64 Å². The number of imide groups is 1. The van der Waals surface area contributed by atoms with E-state index in [0.717, 1.165) is 35.2 Å². The minimum Gasteiger partial charge on any atom is -0.497 e. The third kappa shape index (κ3) is 3.86. The Labute approximate surface area is 183 Å². The van der Waals surface area contributed by atoms with Crippen molar-refractivity contribution in [2.45, 2.75) is 31.7 Å². The van der Waals surface area contributed by atoms with E-state index in [1.807, 2.05) is 29.2 Å². The summed E-state index contributed by atoms with van der Waals surface area (Å²) in [6.45, 7) is 0.967. The Morgan fingerprint density at radius 1 is 1.13 bits per heavy atom. The van der Waals surface area contributed by atoms with Crippen molar-refractivity contribution in [3.63, 3.8) is 0 Å². The maximum Gasteiger partial charge on any atom is 0.261 e. The topological polar surface area (TPSA) is 66.9 Å². The van der Waals surface area contributed by atoms with Crippen molar-refractivity contribution in [2.24, 2.45) is 0 Å². The van der Waals surface area contributed by atoms with Crippen LogP contribution in [0.25, 0.3) is 0 Å². The monoisotopic (exact) mass is 470 g/mol. The Bertz CT molecular complexity index is 1010. The molecule has 1 saturated heterocycles. The maximum absolute atomic E-state index is 12.9. The first-order valence-electron chi connectivity index (χ1n) is 10.1. The lowest BCUT2D eigenvalue weighted by Gasteiger charge is -2.26. The molecule has 0 N–H and O–H groups in total. The van der Waals surface area contributed by atoms with Crippen molar-refractivity contribution >= 4 is 33.7 Å². The fourth-order valence-electron chi connectivity index (χ4n) is 4.26. The zero-order valence-corrected chi connectivity index (χ0v) is 18.4. The van der Waals surface area contributed by atoms with Crippen LogP contribution in [0.2, 0.25) is 0 Å². The lowest BCUT2D eigenvalue weighted by atomic mass is 10.0. The summed E-state index contributed by atoms with van der Waals surface area (Å²) >= 11 is 3.34. The van der Waals surface area contributed by atoms with Crippen LogP contribution in [0.1, 0.15) is 58.0 Å². The highest BCUT2D eigenvalue weighted by Gasteiger charge is 2.35. The minimum absolute atomic E-state index is 0.0456. The summed E-state index contributed by atoms with van der Waals surface area (Å²) in [5.74, 6) is 0.258. The molecule has 30 heavy (non-hydrogen) atoms. The van der Waals surface area contributed by atoms with Crippen LogP contribution < -0.4 is 4.74 Å². The lowest BCUT2D eigenvalue weighted by molar-refractivity contribution is -0.132. The molecular formula is C23H23BrN2O4. The molecule has 2 aliphatic rings. The molecule has 7 heteroatoms. The largest absolute Gasteiger partial charge is 0.497 e. The Hall–Kier alpha value is -2.67. The molecule has 1 unspecified atom stereocenters. The van der Waals surface area contributed by atoms with Gasteiger partial charge in [-0.25, -0.2) is 0 Å². The SMILES string of the molecule is COc1cccc(C2CCCN2C(=O)CCCN2C(=O)c3ccc(Br)cc3C2=O)c1. The first-order valence-corrected chi connectivity index (χ1v) is 10.9. The summed E-state index contributed by atoms with van der Waals surface area (Å²) in [6, 6.07) is 13.0. The van der Waals surface area contributed by atoms with E-state index in [0.29, 0.717) is 24.0 Å². The highest BCUT2D eigenvalue weighted by molar-refractivity contribution is 9.10. The zero-order valence-electron chi connectivity index (χ0n) is 16.8. The molecule has 0 bridgehead atoms. The van der Waals surface area contributed by atoms with Crippen LogP contribution in [0.4, 0.5) is 0 Å². The summed E-state index contributed by atoms with van der Waals surface area (Å²) in [6.07, 6.45) is 2.64. The minimum atomic E-state index is -0.292. The van der Waals surface area contributed by atoms with Gasteiger partial charge in [-0.1, -0.05) is 28.1 Å². The summed E-state index contributed by atoms with van der Waals surface area (Å²) in [7, 11) is 1.63. The van der Waals surface area contributed by atoms with Crippen molar-refractivity contribution in [3.8, 4) is 5.75 Å². The van der Waals surface area contributed by atoms with E-state index in [-0.39, 0.29) is 30.3 Å². The molecule has 0 spiro atoms. The Morgan fingerprint density at radius 2 is 1.93 bits per heavy atom. The molecule has 0 saturated carbocycles. The number of hydrogen-bond donors (Lipinski definition) is 0. The molecular weight excluding hydrogens is 448 g/mol. The number of halogens is 1. The summed E-state index contributed by atoms with van der Waals surface area (Å²) in [5, 5.41) is 0. The molecule has 1 atom stereocenters. The maximum atomic E-state index is 12.9. The van der Waals surface area contributed by atoms with Crippen LogP contribution in [-0.4, -0.2) is 47.7 Å². The molecule has 156 valence electrons. The predicted molar refractivity (Wildman–Crippen MR) is 115 cm³/mol. The van der Waals surface area contributed by atoms with Crippen LogP contribution in [0.3, 0.4) is 0 Å². The second-order valence-corrected chi connectivity index (χ2v) is 8.49. The van der Waals surface area contributed by atoms with Gasteiger partial charge in [-0.3, -0.25) is 19.3 Å². The van der Waals surface area contributed by atoms with Crippen LogP contribution in [0.15, 0.2) is 46.9 Å². The van der Waals surface area contributed by atoms with E-state index in [4.69, 9.17) is 4.74 Å². The van der Waals surface area contributed by atoms with Crippen molar-refractivity contribution in [1.82, 2.24) is 9.80 Å². The smallest absolute Gasteiger partial charge is 0.261 e. The van der Waals surface area contributed by atoms with Gasteiger partial charge in [0.1, 0.15) is 5.75 Å². The molecule has 1 fully saturated rings. The lowest BCUT2D eigenvalue weighted by Crippen LogP contribution is -2.33. The molecule has 2 aromatic rings. The van der Waals surface area contributed by atoms with E-state index in [1.165, 1.54) is 4.90 Å². The fraction of sp³-hybridized carbons (Fsp3) is 0.348. The standard InChI is InChI=1S/C23H23BrN2O4/c1-30-17-6-2-5-15(13-17)20-7-3-11-25(20)21(27)8-4-12-26-22(28)18-10-9-16(24)14-19(18)23(26)29/h2,5-6,9-10,13-14,20H,3-4,7-8,11-12H2,1H3. The van der Waals surface area contributed by atoms with Gasteiger partial charge >= 0.3 is 0 Å². The van der Waals surface area contributed by atoms with Gasteiger partial charge in [-0.05, 0) is 55.2 Å². The molecule has 0 aromatic heterocycles. The van der Waals surface area contributed by atoms with E-state index in [1.54, 1.807) is 25.3 Å².